The lowest BCUT2D eigenvalue weighted by molar-refractivity contribution is -0.119. The average Bonchev–Trinajstić information content (AvgIpc) is 2.48. The number of nitrogens with zero attached hydrogens (tertiary/aromatic N) is 1. The van der Waals surface area contributed by atoms with Gasteiger partial charge in [0.1, 0.15) is 12.3 Å². The highest BCUT2D eigenvalue weighted by Crippen LogP contribution is 2.22. The van der Waals surface area contributed by atoms with Gasteiger partial charge in [0.15, 0.2) is 0 Å². The van der Waals surface area contributed by atoms with Crippen molar-refractivity contribution in [2.45, 2.75) is 6.42 Å². The van der Waals surface area contributed by atoms with Gasteiger partial charge in [-0.3, -0.25) is 9.10 Å². The molecular formula is C14H22N2O5S. The van der Waals surface area contributed by atoms with Crippen LogP contribution < -0.4 is 14.4 Å². The fourth-order valence-electron chi connectivity index (χ4n) is 1.80. The van der Waals surface area contributed by atoms with Crippen LogP contribution in [0.5, 0.6) is 5.75 Å². The number of amides is 1. The lowest BCUT2D eigenvalue weighted by Gasteiger charge is -2.22. The SMILES string of the molecule is COCCCNC(=O)CN(c1cccc(OC)c1)S(C)(=O)=O. The fraction of sp³-hybridized carbons (Fsp3) is 0.500. The second kappa shape index (κ2) is 8.60. The molecule has 0 bridgehead atoms. The minimum atomic E-state index is -3.58. The topological polar surface area (TPSA) is 84.9 Å². The van der Waals surface area contributed by atoms with Crippen LogP contribution in [0.4, 0.5) is 5.69 Å². The Morgan fingerprint density at radius 2 is 2.05 bits per heavy atom. The van der Waals surface area contributed by atoms with Crippen molar-refractivity contribution in [1.29, 1.82) is 0 Å². The van der Waals surface area contributed by atoms with E-state index in [0.717, 1.165) is 10.6 Å². The van der Waals surface area contributed by atoms with E-state index in [2.05, 4.69) is 5.32 Å². The molecular weight excluding hydrogens is 308 g/mol. The van der Waals surface area contributed by atoms with E-state index < -0.39 is 10.0 Å². The van der Waals surface area contributed by atoms with Gasteiger partial charge in [-0.05, 0) is 18.6 Å². The van der Waals surface area contributed by atoms with Gasteiger partial charge >= 0.3 is 0 Å². The molecule has 0 aromatic heterocycles. The number of methoxy groups -OCH3 is 2. The van der Waals surface area contributed by atoms with Gasteiger partial charge in [0.2, 0.25) is 15.9 Å². The number of hydrogen-bond acceptors (Lipinski definition) is 5. The lowest BCUT2D eigenvalue weighted by Crippen LogP contribution is -2.40. The number of nitrogens with one attached hydrogen (secondary N) is 1. The van der Waals surface area contributed by atoms with Crippen LogP contribution in [-0.4, -0.2) is 54.5 Å². The number of hydrogen-bond donors (Lipinski definition) is 1. The minimum Gasteiger partial charge on any atom is -0.497 e. The minimum absolute atomic E-state index is 0.279. The molecule has 0 heterocycles. The molecule has 0 atom stereocenters. The summed E-state index contributed by atoms with van der Waals surface area (Å²) in [6, 6.07) is 6.55. The van der Waals surface area contributed by atoms with Crippen LogP contribution in [0.2, 0.25) is 0 Å². The van der Waals surface area contributed by atoms with E-state index in [9.17, 15) is 13.2 Å². The van der Waals surface area contributed by atoms with Gasteiger partial charge in [-0.15, -0.1) is 0 Å². The van der Waals surface area contributed by atoms with Gasteiger partial charge in [0.05, 0.1) is 19.1 Å². The zero-order valence-corrected chi connectivity index (χ0v) is 13.9. The maximum atomic E-state index is 11.9. The Bertz CT molecular complexity index is 589. The van der Waals surface area contributed by atoms with Gasteiger partial charge in [0, 0.05) is 26.3 Å². The standard InChI is InChI=1S/C14H22N2O5S/c1-20-9-5-8-15-14(17)11-16(22(3,18)19)12-6-4-7-13(10-12)21-2/h4,6-7,10H,5,8-9,11H2,1-3H3,(H,15,17). The average molecular weight is 330 g/mol. The summed E-state index contributed by atoms with van der Waals surface area (Å²) in [6.07, 6.45) is 1.73. The molecule has 0 fully saturated rings. The Balaban J connectivity index is 2.80. The number of ether oxygens (including phenoxy) is 2. The molecule has 1 rings (SSSR count). The second-order valence-corrected chi connectivity index (χ2v) is 6.57. The van der Waals surface area contributed by atoms with Crippen molar-refractivity contribution in [2.75, 3.05) is 44.5 Å². The predicted molar refractivity (Wildman–Crippen MR) is 84.7 cm³/mol. The smallest absolute Gasteiger partial charge is 0.240 e. The fourth-order valence-corrected chi connectivity index (χ4v) is 2.64. The number of benzene rings is 1. The third-order valence-electron chi connectivity index (χ3n) is 2.88. The Hall–Kier alpha value is -1.80. The number of sulfonamides is 1. The summed E-state index contributed by atoms with van der Waals surface area (Å²) in [7, 11) is -0.509. The summed E-state index contributed by atoms with van der Waals surface area (Å²) in [6.45, 7) is 0.688. The Morgan fingerprint density at radius 1 is 1.32 bits per heavy atom. The highest BCUT2D eigenvalue weighted by Gasteiger charge is 2.21. The number of carbonyl (C=O) groups excluding carboxylic acids is 1. The molecule has 8 heteroatoms. The molecule has 0 aliphatic rings. The maximum absolute atomic E-state index is 11.9. The predicted octanol–water partition coefficient (Wildman–Crippen LogP) is 0.614. The van der Waals surface area contributed by atoms with Crippen molar-refractivity contribution >= 4 is 21.6 Å². The molecule has 1 amide bonds. The van der Waals surface area contributed by atoms with Crippen LogP contribution in [0.15, 0.2) is 24.3 Å². The molecule has 0 unspecified atom stereocenters. The highest BCUT2D eigenvalue weighted by atomic mass is 32.2. The first-order valence-corrected chi connectivity index (χ1v) is 8.60. The van der Waals surface area contributed by atoms with Gasteiger partial charge in [-0.1, -0.05) is 6.07 Å². The molecule has 0 saturated heterocycles. The zero-order chi connectivity index (χ0) is 16.6. The van der Waals surface area contributed by atoms with Gasteiger partial charge < -0.3 is 14.8 Å². The van der Waals surface area contributed by atoms with Crippen LogP contribution in [0.1, 0.15) is 6.42 Å². The first-order chi connectivity index (χ1) is 10.4. The van der Waals surface area contributed by atoms with Crippen molar-refractivity contribution in [3.05, 3.63) is 24.3 Å². The van der Waals surface area contributed by atoms with E-state index in [1.54, 1.807) is 31.4 Å². The summed E-state index contributed by atoms with van der Waals surface area (Å²) in [4.78, 5) is 11.9. The molecule has 0 aliphatic heterocycles. The van der Waals surface area contributed by atoms with E-state index in [1.807, 2.05) is 0 Å². The third-order valence-corrected chi connectivity index (χ3v) is 4.02. The van der Waals surface area contributed by atoms with Crippen LogP contribution >= 0.6 is 0 Å². The van der Waals surface area contributed by atoms with Gasteiger partial charge in [-0.25, -0.2) is 8.42 Å². The van der Waals surface area contributed by atoms with Gasteiger partial charge in [-0.2, -0.15) is 0 Å². The van der Waals surface area contributed by atoms with Crippen LogP contribution in [0.3, 0.4) is 0 Å². The maximum Gasteiger partial charge on any atom is 0.240 e. The van der Waals surface area contributed by atoms with E-state index in [0.29, 0.717) is 31.0 Å². The molecule has 7 nitrogen and oxygen atoms in total. The first kappa shape index (κ1) is 18.2. The molecule has 0 aliphatic carbocycles. The van der Waals surface area contributed by atoms with Crippen LogP contribution in [-0.2, 0) is 19.6 Å². The normalized spacial score (nSPS) is 11.0. The summed E-state index contributed by atoms with van der Waals surface area (Å²) < 4.78 is 34.9. The van der Waals surface area contributed by atoms with E-state index in [4.69, 9.17) is 9.47 Å². The molecule has 0 spiro atoms. The number of anilines is 1. The molecule has 1 aromatic carbocycles. The molecule has 0 radical (unpaired) electrons. The molecule has 124 valence electrons. The first-order valence-electron chi connectivity index (χ1n) is 6.76. The van der Waals surface area contributed by atoms with Crippen LogP contribution in [0, 0.1) is 0 Å². The van der Waals surface area contributed by atoms with Crippen molar-refractivity contribution < 1.29 is 22.7 Å². The third kappa shape index (κ3) is 5.90. The monoisotopic (exact) mass is 330 g/mol. The molecule has 1 N–H and O–H groups in total. The van der Waals surface area contributed by atoms with E-state index in [1.165, 1.54) is 7.11 Å². The molecule has 0 saturated carbocycles. The summed E-state index contributed by atoms with van der Waals surface area (Å²) in [5, 5.41) is 2.66. The van der Waals surface area contributed by atoms with Gasteiger partial charge in [0.25, 0.3) is 0 Å². The summed E-state index contributed by atoms with van der Waals surface area (Å²) in [5.41, 5.74) is 0.383. The Kier molecular flexibility index (Phi) is 7.13. The van der Waals surface area contributed by atoms with Crippen molar-refractivity contribution in [3.8, 4) is 5.75 Å². The van der Waals surface area contributed by atoms with Crippen molar-refractivity contribution in [2.24, 2.45) is 0 Å². The summed E-state index contributed by atoms with van der Waals surface area (Å²) in [5.74, 6) is 0.149. The lowest BCUT2D eigenvalue weighted by atomic mass is 10.3. The number of carbonyl (C=O) groups is 1. The second-order valence-electron chi connectivity index (χ2n) is 4.67. The Labute approximate surface area is 131 Å². The molecule has 1 aromatic rings. The highest BCUT2D eigenvalue weighted by molar-refractivity contribution is 7.92. The van der Waals surface area contributed by atoms with Crippen molar-refractivity contribution in [1.82, 2.24) is 5.32 Å². The quantitative estimate of drug-likeness (QED) is 0.671. The van der Waals surface area contributed by atoms with Crippen molar-refractivity contribution in [3.63, 3.8) is 0 Å². The summed E-state index contributed by atoms with van der Waals surface area (Å²) >= 11 is 0. The van der Waals surface area contributed by atoms with E-state index in [-0.39, 0.29) is 12.5 Å². The zero-order valence-electron chi connectivity index (χ0n) is 13.0. The Morgan fingerprint density at radius 3 is 2.64 bits per heavy atom. The van der Waals surface area contributed by atoms with Crippen LogP contribution in [0.25, 0.3) is 0 Å². The number of rotatable bonds is 9. The van der Waals surface area contributed by atoms with E-state index >= 15 is 0 Å². The molecule has 22 heavy (non-hydrogen) atoms. The largest absolute Gasteiger partial charge is 0.497 e.